The third kappa shape index (κ3) is 2.20. The molecule has 2 heterocycles. The highest BCUT2D eigenvalue weighted by Gasteiger charge is 2.24. The van der Waals surface area contributed by atoms with E-state index in [-0.39, 0.29) is 0 Å². The largest absolute Gasteiger partial charge is 0.478 e. The average Bonchev–Trinajstić information content (AvgIpc) is 2.86. The summed E-state index contributed by atoms with van der Waals surface area (Å²) in [6.07, 6.45) is 3.13. The van der Waals surface area contributed by atoms with E-state index >= 15 is 0 Å². The van der Waals surface area contributed by atoms with E-state index in [4.69, 9.17) is 0 Å². The van der Waals surface area contributed by atoms with Crippen molar-refractivity contribution in [2.45, 2.75) is 32.2 Å². The van der Waals surface area contributed by atoms with Gasteiger partial charge in [0.25, 0.3) is 0 Å². The molecule has 1 N–H and O–H groups in total. The molecule has 1 aliphatic heterocycles. The van der Waals surface area contributed by atoms with Crippen LogP contribution in [0.4, 0.5) is 0 Å². The van der Waals surface area contributed by atoms with Crippen molar-refractivity contribution < 1.29 is 9.90 Å². The number of hydrogen-bond acceptors (Lipinski definition) is 3. The normalized spacial score (nSPS) is 19.4. The van der Waals surface area contributed by atoms with E-state index in [0.717, 1.165) is 35.5 Å². The number of benzene rings is 1. The number of aromatic nitrogens is 2. The molecule has 4 nitrogen and oxygen atoms in total. The van der Waals surface area contributed by atoms with Crippen molar-refractivity contribution in [1.82, 2.24) is 9.55 Å². The Balaban J connectivity index is 2.23. The van der Waals surface area contributed by atoms with Crippen LogP contribution in [0.2, 0.25) is 0 Å². The minimum Gasteiger partial charge on any atom is -0.478 e. The third-order valence-corrected chi connectivity index (χ3v) is 5.03. The second kappa shape index (κ2) is 5.48. The van der Waals surface area contributed by atoms with Crippen LogP contribution in [0.5, 0.6) is 0 Å². The third-order valence-electron chi connectivity index (χ3n) is 3.83. The molecule has 3 rings (SSSR count). The smallest absolute Gasteiger partial charge is 0.337 e. The second-order valence-electron chi connectivity index (χ2n) is 5.10. The van der Waals surface area contributed by atoms with Gasteiger partial charge in [-0.05, 0) is 30.7 Å². The molecule has 0 saturated carbocycles. The maximum atomic E-state index is 11.5. The minimum absolute atomic E-state index is 0.366. The van der Waals surface area contributed by atoms with Crippen molar-refractivity contribution in [1.29, 1.82) is 0 Å². The summed E-state index contributed by atoms with van der Waals surface area (Å²) in [7, 11) is 0. The SMILES string of the molecule is CCc1nc2cccc(C(=O)O)c2n1C1CCCSC1. The summed E-state index contributed by atoms with van der Waals surface area (Å²) in [5.41, 5.74) is 1.96. The highest BCUT2D eigenvalue weighted by Crippen LogP contribution is 2.32. The number of para-hydroxylation sites is 1. The first kappa shape index (κ1) is 13.5. The molecule has 1 aromatic carbocycles. The molecule has 0 bridgehead atoms. The summed E-state index contributed by atoms with van der Waals surface area (Å²) in [5.74, 6) is 2.38. The van der Waals surface area contributed by atoms with Crippen molar-refractivity contribution in [3.8, 4) is 0 Å². The fourth-order valence-electron chi connectivity index (χ4n) is 2.94. The van der Waals surface area contributed by atoms with Crippen LogP contribution in [0.1, 0.15) is 42.0 Å². The Kier molecular flexibility index (Phi) is 3.70. The average molecular weight is 290 g/mol. The molecule has 1 unspecified atom stereocenters. The first-order valence-electron chi connectivity index (χ1n) is 7.03. The highest BCUT2D eigenvalue weighted by molar-refractivity contribution is 7.99. The molecule has 0 aliphatic carbocycles. The van der Waals surface area contributed by atoms with E-state index in [1.165, 1.54) is 12.2 Å². The zero-order chi connectivity index (χ0) is 14.1. The fraction of sp³-hybridized carbons (Fsp3) is 0.467. The van der Waals surface area contributed by atoms with Gasteiger partial charge in [0.2, 0.25) is 0 Å². The number of thioether (sulfide) groups is 1. The van der Waals surface area contributed by atoms with Crippen molar-refractivity contribution in [2.75, 3.05) is 11.5 Å². The Bertz CT molecular complexity index is 645. The van der Waals surface area contributed by atoms with Crippen LogP contribution in [-0.2, 0) is 6.42 Å². The Hall–Kier alpha value is -1.49. The van der Waals surface area contributed by atoms with Crippen LogP contribution in [0.25, 0.3) is 11.0 Å². The Morgan fingerprint density at radius 3 is 3.05 bits per heavy atom. The van der Waals surface area contributed by atoms with Gasteiger partial charge in [-0.1, -0.05) is 13.0 Å². The molecule has 5 heteroatoms. The van der Waals surface area contributed by atoms with E-state index in [9.17, 15) is 9.90 Å². The van der Waals surface area contributed by atoms with E-state index in [2.05, 4.69) is 16.5 Å². The quantitative estimate of drug-likeness (QED) is 0.941. The molecular formula is C15H18N2O2S. The molecule has 1 atom stereocenters. The molecule has 20 heavy (non-hydrogen) atoms. The molecule has 0 spiro atoms. The number of aromatic carboxylic acids is 1. The van der Waals surface area contributed by atoms with Gasteiger partial charge in [0.05, 0.1) is 16.6 Å². The first-order chi connectivity index (χ1) is 9.72. The van der Waals surface area contributed by atoms with Gasteiger partial charge in [0.15, 0.2) is 0 Å². The number of hydrogen-bond donors (Lipinski definition) is 1. The van der Waals surface area contributed by atoms with Gasteiger partial charge in [-0.25, -0.2) is 9.78 Å². The van der Waals surface area contributed by atoms with Gasteiger partial charge in [-0.3, -0.25) is 0 Å². The van der Waals surface area contributed by atoms with E-state index in [0.29, 0.717) is 11.6 Å². The minimum atomic E-state index is -0.872. The van der Waals surface area contributed by atoms with Crippen LogP contribution in [-0.4, -0.2) is 32.1 Å². The zero-order valence-corrected chi connectivity index (χ0v) is 12.3. The maximum absolute atomic E-state index is 11.5. The summed E-state index contributed by atoms with van der Waals surface area (Å²) in [4.78, 5) is 16.1. The van der Waals surface area contributed by atoms with Crippen molar-refractivity contribution in [2.24, 2.45) is 0 Å². The maximum Gasteiger partial charge on any atom is 0.337 e. The molecule has 1 aromatic heterocycles. The molecular weight excluding hydrogens is 272 g/mol. The van der Waals surface area contributed by atoms with E-state index in [1.54, 1.807) is 12.1 Å². The Labute approximate surface area is 122 Å². The van der Waals surface area contributed by atoms with E-state index in [1.807, 2.05) is 17.8 Å². The number of carboxylic acid groups (broad SMARTS) is 1. The van der Waals surface area contributed by atoms with Crippen LogP contribution in [0, 0.1) is 0 Å². The number of aryl methyl sites for hydroxylation is 1. The lowest BCUT2D eigenvalue weighted by Gasteiger charge is -2.25. The molecule has 0 amide bonds. The monoisotopic (exact) mass is 290 g/mol. The number of nitrogens with zero attached hydrogens (tertiary/aromatic N) is 2. The predicted molar refractivity (Wildman–Crippen MR) is 81.7 cm³/mol. The lowest BCUT2D eigenvalue weighted by molar-refractivity contribution is 0.0698. The predicted octanol–water partition coefficient (Wildman–Crippen LogP) is 3.37. The van der Waals surface area contributed by atoms with E-state index < -0.39 is 5.97 Å². The fourth-order valence-corrected chi connectivity index (χ4v) is 4.06. The van der Waals surface area contributed by atoms with Gasteiger partial charge in [0, 0.05) is 18.2 Å². The topological polar surface area (TPSA) is 55.1 Å². The number of fused-ring (bicyclic) bond motifs is 1. The van der Waals surface area contributed by atoms with Gasteiger partial charge in [-0.15, -0.1) is 0 Å². The van der Waals surface area contributed by atoms with Crippen molar-refractivity contribution >= 4 is 28.8 Å². The first-order valence-corrected chi connectivity index (χ1v) is 8.18. The molecule has 1 fully saturated rings. The Morgan fingerprint density at radius 2 is 2.40 bits per heavy atom. The van der Waals surface area contributed by atoms with Gasteiger partial charge >= 0.3 is 5.97 Å². The number of imidazole rings is 1. The molecule has 1 saturated heterocycles. The van der Waals surface area contributed by atoms with Gasteiger partial charge in [-0.2, -0.15) is 11.8 Å². The molecule has 0 radical (unpaired) electrons. The zero-order valence-electron chi connectivity index (χ0n) is 11.5. The lowest BCUT2D eigenvalue weighted by atomic mass is 10.1. The molecule has 2 aromatic rings. The second-order valence-corrected chi connectivity index (χ2v) is 6.25. The summed E-state index contributed by atoms with van der Waals surface area (Å²) in [6.45, 7) is 2.08. The van der Waals surface area contributed by atoms with Crippen molar-refractivity contribution in [3.05, 3.63) is 29.6 Å². The van der Waals surface area contributed by atoms with Gasteiger partial charge < -0.3 is 9.67 Å². The van der Waals surface area contributed by atoms with Crippen LogP contribution in [0.15, 0.2) is 18.2 Å². The summed E-state index contributed by atoms with van der Waals surface area (Å²) in [5, 5.41) is 9.44. The molecule has 1 aliphatic rings. The number of rotatable bonds is 3. The molecule has 106 valence electrons. The summed E-state index contributed by atoms with van der Waals surface area (Å²) in [6, 6.07) is 5.73. The van der Waals surface area contributed by atoms with Crippen molar-refractivity contribution in [3.63, 3.8) is 0 Å². The summed E-state index contributed by atoms with van der Waals surface area (Å²) < 4.78 is 2.19. The van der Waals surface area contributed by atoms with Gasteiger partial charge in [0.1, 0.15) is 5.82 Å². The Morgan fingerprint density at radius 1 is 1.55 bits per heavy atom. The highest BCUT2D eigenvalue weighted by atomic mass is 32.2. The van der Waals surface area contributed by atoms with Crippen LogP contribution < -0.4 is 0 Å². The van der Waals surface area contributed by atoms with Crippen LogP contribution >= 0.6 is 11.8 Å². The summed E-state index contributed by atoms with van der Waals surface area (Å²) >= 11 is 1.95. The van der Waals surface area contributed by atoms with Crippen LogP contribution in [0.3, 0.4) is 0 Å². The standard InChI is InChI=1S/C15H18N2O2S/c1-2-13-16-12-7-3-6-11(15(18)19)14(12)17(13)10-5-4-8-20-9-10/h3,6-7,10H,2,4-5,8-9H2,1H3,(H,18,19). The number of carbonyl (C=O) groups is 1. The lowest BCUT2D eigenvalue weighted by Crippen LogP contribution is -2.19. The number of carboxylic acids is 1.